The molecule has 156 valence electrons. The van der Waals surface area contributed by atoms with Gasteiger partial charge in [0, 0.05) is 63.3 Å². The largest absolute Gasteiger partial charge is 0.439 e. The number of halogens is 1. The Balaban J connectivity index is 1.22. The van der Waals surface area contributed by atoms with E-state index in [4.69, 9.17) is 21.1 Å². The second kappa shape index (κ2) is 9.65. The van der Waals surface area contributed by atoms with Gasteiger partial charge in [0.25, 0.3) is 0 Å². The molecule has 2 aromatic heterocycles. The minimum absolute atomic E-state index is 0.327. The number of piperazine rings is 1. The van der Waals surface area contributed by atoms with Crippen molar-refractivity contribution in [1.29, 1.82) is 0 Å². The number of aromatic amines is 1. The molecule has 1 saturated heterocycles. The zero-order valence-electron chi connectivity index (χ0n) is 16.5. The van der Waals surface area contributed by atoms with Crippen LogP contribution in [0.2, 0.25) is 5.02 Å². The molecule has 7 nitrogen and oxygen atoms in total. The van der Waals surface area contributed by atoms with Crippen molar-refractivity contribution in [2.45, 2.75) is 6.42 Å². The zero-order chi connectivity index (χ0) is 20.8. The number of benzene rings is 1. The third kappa shape index (κ3) is 5.52. The minimum atomic E-state index is -0.327. The molecule has 30 heavy (non-hydrogen) atoms. The van der Waals surface area contributed by atoms with E-state index in [0.717, 1.165) is 26.1 Å². The van der Waals surface area contributed by atoms with Gasteiger partial charge in [-0.25, -0.2) is 9.78 Å². The van der Waals surface area contributed by atoms with E-state index in [1.807, 2.05) is 12.3 Å². The summed E-state index contributed by atoms with van der Waals surface area (Å²) >= 11 is 5.82. The molecule has 3 aromatic rings. The van der Waals surface area contributed by atoms with Gasteiger partial charge in [-0.3, -0.25) is 4.90 Å². The molecule has 1 N–H and O–H groups in total. The highest BCUT2D eigenvalue weighted by Crippen LogP contribution is 2.23. The number of hydrogen-bond acceptors (Lipinski definition) is 5. The summed E-state index contributed by atoms with van der Waals surface area (Å²) in [6.45, 7) is 3.99. The molecule has 8 heteroatoms. The highest BCUT2D eigenvalue weighted by molar-refractivity contribution is 6.30. The number of carbonyl (C=O) groups excluding carboxylic acids is 1. The molecule has 4 rings (SSSR count). The summed E-state index contributed by atoms with van der Waals surface area (Å²) < 4.78 is 11.1. The second-order valence-electron chi connectivity index (χ2n) is 7.03. The van der Waals surface area contributed by atoms with Crippen LogP contribution in [0.1, 0.15) is 5.69 Å². The maximum absolute atomic E-state index is 12.5. The number of ether oxygens (including phenoxy) is 2. The molecule has 0 saturated carbocycles. The smallest absolute Gasteiger partial charge is 0.415 e. The van der Waals surface area contributed by atoms with Gasteiger partial charge >= 0.3 is 6.09 Å². The molecular formula is C22H23ClN4O3. The van der Waals surface area contributed by atoms with E-state index < -0.39 is 0 Å². The molecule has 0 spiro atoms. The van der Waals surface area contributed by atoms with Crippen molar-refractivity contribution in [3.05, 3.63) is 71.6 Å². The lowest BCUT2D eigenvalue weighted by molar-refractivity contribution is 0.111. The third-order valence-corrected chi connectivity index (χ3v) is 5.17. The quantitative estimate of drug-likeness (QED) is 0.639. The molecule has 0 atom stereocenters. The standard InChI is InChI=1S/C22H23ClN4O3/c23-17-3-8-21(25-16-17)29-19-4-6-20(7-5-19)30-22(28)27-14-12-26(13-15-27)11-9-18-2-1-10-24-18/h1-8,10,16,24H,9,11-15H2. The molecule has 0 unspecified atom stereocenters. The lowest BCUT2D eigenvalue weighted by Crippen LogP contribution is -2.49. The molecule has 1 amide bonds. The number of carbonyl (C=O) groups is 1. The fourth-order valence-corrected chi connectivity index (χ4v) is 3.35. The summed E-state index contributed by atoms with van der Waals surface area (Å²) in [6, 6.07) is 14.4. The monoisotopic (exact) mass is 426 g/mol. The third-order valence-electron chi connectivity index (χ3n) is 4.94. The van der Waals surface area contributed by atoms with Crippen LogP contribution in [0, 0.1) is 0 Å². The van der Waals surface area contributed by atoms with Crippen LogP contribution < -0.4 is 9.47 Å². The fourth-order valence-electron chi connectivity index (χ4n) is 3.24. The van der Waals surface area contributed by atoms with Crippen molar-refractivity contribution in [3.63, 3.8) is 0 Å². The number of amides is 1. The predicted octanol–water partition coefficient (Wildman–Crippen LogP) is 4.21. The zero-order valence-corrected chi connectivity index (χ0v) is 17.2. The van der Waals surface area contributed by atoms with Crippen LogP contribution >= 0.6 is 11.6 Å². The number of rotatable bonds is 6. The van der Waals surface area contributed by atoms with Gasteiger partial charge in [-0.15, -0.1) is 0 Å². The summed E-state index contributed by atoms with van der Waals surface area (Å²) in [5.41, 5.74) is 1.23. The van der Waals surface area contributed by atoms with Crippen LogP contribution in [0.25, 0.3) is 0 Å². The van der Waals surface area contributed by atoms with E-state index >= 15 is 0 Å². The first-order valence-electron chi connectivity index (χ1n) is 9.86. The van der Waals surface area contributed by atoms with E-state index in [0.29, 0.717) is 35.5 Å². The highest BCUT2D eigenvalue weighted by Gasteiger charge is 2.22. The van der Waals surface area contributed by atoms with E-state index in [1.165, 1.54) is 11.9 Å². The van der Waals surface area contributed by atoms with Crippen molar-refractivity contribution in [2.75, 3.05) is 32.7 Å². The Hall–Kier alpha value is -3.03. The highest BCUT2D eigenvalue weighted by atomic mass is 35.5. The first-order chi connectivity index (χ1) is 14.7. The van der Waals surface area contributed by atoms with Gasteiger partial charge in [0.05, 0.1) is 5.02 Å². The number of nitrogens with zero attached hydrogens (tertiary/aromatic N) is 3. The molecule has 0 bridgehead atoms. The van der Waals surface area contributed by atoms with Gasteiger partial charge in [0.1, 0.15) is 11.5 Å². The maximum Gasteiger partial charge on any atom is 0.415 e. The van der Waals surface area contributed by atoms with Crippen LogP contribution in [0.15, 0.2) is 60.9 Å². The Bertz CT molecular complexity index is 938. The van der Waals surface area contributed by atoms with Crippen molar-refractivity contribution < 1.29 is 14.3 Å². The van der Waals surface area contributed by atoms with E-state index in [-0.39, 0.29) is 6.09 Å². The van der Waals surface area contributed by atoms with Crippen LogP contribution in [0.4, 0.5) is 4.79 Å². The molecule has 1 aromatic carbocycles. The van der Waals surface area contributed by atoms with Crippen LogP contribution in [-0.4, -0.2) is 58.6 Å². The molecule has 3 heterocycles. The van der Waals surface area contributed by atoms with Gasteiger partial charge in [0.2, 0.25) is 5.88 Å². The van der Waals surface area contributed by atoms with E-state index in [1.54, 1.807) is 41.3 Å². The Morgan fingerprint density at radius 2 is 1.80 bits per heavy atom. The van der Waals surface area contributed by atoms with Crippen LogP contribution in [0.3, 0.4) is 0 Å². The van der Waals surface area contributed by atoms with Crippen molar-refractivity contribution in [3.8, 4) is 17.4 Å². The lowest BCUT2D eigenvalue weighted by Gasteiger charge is -2.33. The SMILES string of the molecule is O=C(Oc1ccc(Oc2ccc(Cl)cn2)cc1)N1CCN(CCc2ccc[nH]2)CC1. The maximum atomic E-state index is 12.5. The second-order valence-corrected chi connectivity index (χ2v) is 7.47. The number of pyridine rings is 1. The first-order valence-corrected chi connectivity index (χ1v) is 10.2. The number of H-pyrrole nitrogens is 1. The molecule has 1 aliphatic heterocycles. The summed E-state index contributed by atoms with van der Waals surface area (Å²) in [5.74, 6) is 1.52. The van der Waals surface area contributed by atoms with Gasteiger partial charge in [-0.1, -0.05) is 11.6 Å². The average molecular weight is 427 g/mol. The van der Waals surface area contributed by atoms with Crippen LogP contribution in [-0.2, 0) is 6.42 Å². The first kappa shape index (κ1) is 20.3. The van der Waals surface area contributed by atoms with Crippen LogP contribution in [0.5, 0.6) is 17.4 Å². The summed E-state index contributed by atoms with van der Waals surface area (Å²) in [7, 11) is 0. The molecule has 1 aliphatic rings. The van der Waals surface area contributed by atoms with Gasteiger partial charge in [-0.2, -0.15) is 0 Å². The Kier molecular flexibility index (Phi) is 6.51. The molecular weight excluding hydrogens is 404 g/mol. The van der Waals surface area contributed by atoms with E-state index in [9.17, 15) is 4.79 Å². The minimum Gasteiger partial charge on any atom is -0.439 e. The average Bonchev–Trinajstić information content (AvgIpc) is 3.29. The van der Waals surface area contributed by atoms with E-state index in [2.05, 4.69) is 20.9 Å². The van der Waals surface area contributed by atoms with Gasteiger partial charge in [0.15, 0.2) is 0 Å². The Morgan fingerprint density at radius 3 is 2.47 bits per heavy atom. The number of aromatic nitrogens is 2. The molecule has 0 aliphatic carbocycles. The van der Waals surface area contributed by atoms with Crippen molar-refractivity contribution in [2.24, 2.45) is 0 Å². The summed E-state index contributed by atoms with van der Waals surface area (Å²) in [6.07, 6.45) is 4.12. The Labute approximate surface area is 180 Å². The van der Waals surface area contributed by atoms with Gasteiger partial charge in [-0.05, 0) is 42.5 Å². The number of nitrogens with one attached hydrogen (secondary N) is 1. The predicted molar refractivity (Wildman–Crippen MR) is 114 cm³/mol. The lowest BCUT2D eigenvalue weighted by atomic mass is 10.2. The van der Waals surface area contributed by atoms with Gasteiger partial charge < -0.3 is 19.4 Å². The normalized spacial score (nSPS) is 14.5. The van der Waals surface area contributed by atoms with Crippen molar-refractivity contribution in [1.82, 2.24) is 19.8 Å². The fraction of sp³-hybridized carbons (Fsp3) is 0.273. The summed E-state index contributed by atoms with van der Waals surface area (Å²) in [4.78, 5) is 23.9. The summed E-state index contributed by atoms with van der Waals surface area (Å²) in [5, 5.41) is 0.547. The topological polar surface area (TPSA) is 70.7 Å². The number of hydrogen-bond donors (Lipinski definition) is 1. The molecule has 0 radical (unpaired) electrons. The molecule has 1 fully saturated rings. The Morgan fingerprint density at radius 1 is 1.03 bits per heavy atom. The van der Waals surface area contributed by atoms with Crippen molar-refractivity contribution >= 4 is 17.7 Å².